The summed E-state index contributed by atoms with van der Waals surface area (Å²) < 4.78 is 44.9. The van der Waals surface area contributed by atoms with Gasteiger partial charge in [-0.05, 0) is 28.1 Å². The molecular weight excluding hydrogens is 405 g/mol. The number of carbonyl (C=O) groups is 1. The Bertz CT molecular complexity index is 761. The third-order valence-corrected chi connectivity index (χ3v) is 3.64. The van der Waals surface area contributed by atoms with Crippen molar-refractivity contribution in [3.05, 3.63) is 39.5 Å². The zero-order valence-corrected chi connectivity index (χ0v) is 13.4. The molecule has 0 fully saturated rings. The van der Waals surface area contributed by atoms with Gasteiger partial charge in [0.2, 0.25) is 0 Å². The first-order chi connectivity index (χ1) is 10.8. The Morgan fingerprint density at radius 3 is 2.70 bits per heavy atom. The van der Waals surface area contributed by atoms with Crippen LogP contribution in [-0.2, 0) is 4.79 Å². The first-order valence-corrected chi connectivity index (χ1v) is 7.11. The lowest BCUT2D eigenvalue weighted by Crippen LogP contribution is -2.10. The molecule has 122 valence electrons. The van der Waals surface area contributed by atoms with Crippen molar-refractivity contribution in [2.75, 3.05) is 6.61 Å². The highest BCUT2D eigenvalue weighted by Gasteiger charge is 2.21. The van der Waals surface area contributed by atoms with Gasteiger partial charge in [0, 0.05) is 5.56 Å². The minimum absolute atomic E-state index is 0.00271. The van der Waals surface area contributed by atoms with E-state index < -0.39 is 35.5 Å². The van der Waals surface area contributed by atoms with Gasteiger partial charge in [-0.2, -0.15) is 0 Å². The molecular formula is C13H7BrClF3N2O3. The van der Waals surface area contributed by atoms with E-state index in [0.29, 0.717) is 0 Å². The fourth-order valence-corrected chi connectivity index (χ4v) is 2.40. The number of benzene rings is 1. The average Bonchev–Trinajstić information content (AvgIpc) is 2.46. The smallest absolute Gasteiger partial charge is 0.341 e. The molecule has 1 aromatic heterocycles. The predicted molar refractivity (Wildman–Crippen MR) is 78.2 cm³/mol. The van der Waals surface area contributed by atoms with Crippen molar-refractivity contribution in [2.24, 2.45) is 0 Å². The highest BCUT2D eigenvalue weighted by Crippen LogP contribution is 2.37. The average molecular weight is 412 g/mol. The maximum atomic E-state index is 14.1. The largest absolute Gasteiger partial charge is 0.481 e. The lowest BCUT2D eigenvalue weighted by atomic mass is 10.1. The maximum Gasteiger partial charge on any atom is 0.341 e. The number of hydrogen-bond donors (Lipinski definition) is 1. The summed E-state index contributed by atoms with van der Waals surface area (Å²) in [4.78, 5) is 17.6. The third-order valence-electron chi connectivity index (χ3n) is 2.65. The van der Waals surface area contributed by atoms with Gasteiger partial charge in [-0.1, -0.05) is 11.6 Å². The van der Waals surface area contributed by atoms with Crippen LogP contribution in [0.1, 0.15) is 12.1 Å². The molecule has 1 N–H and O–H groups in total. The highest BCUT2D eigenvalue weighted by molar-refractivity contribution is 9.10. The Morgan fingerprint density at radius 2 is 2.09 bits per heavy atom. The quantitative estimate of drug-likeness (QED) is 0.802. The van der Waals surface area contributed by atoms with E-state index in [1.54, 1.807) is 0 Å². The number of hydrogen-bond acceptors (Lipinski definition) is 4. The molecule has 2 aromatic rings. The van der Waals surface area contributed by atoms with E-state index >= 15 is 0 Å². The van der Waals surface area contributed by atoms with Crippen molar-refractivity contribution in [1.29, 1.82) is 0 Å². The second-order valence-electron chi connectivity index (χ2n) is 4.17. The Balaban J connectivity index is 2.53. The molecule has 0 saturated heterocycles. The van der Waals surface area contributed by atoms with E-state index in [-0.39, 0.29) is 21.5 Å². The van der Waals surface area contributed by atoms with Crippen LogP contribution in [0.3, 0.4) is 0 Å². The molecule has 1 aromatic carbocycles. The molecule has 1 heterocycles. The van der Waals surface area contributed by atoms with Crippen molar-refractivity contribution >= 4 is 33.5 Å². The molecule has 0 unspecified atom stereocenters. The number of aliphatic carboxylic acids is 1. The number of carboxylic acid groups (broad SMARTS) is 1. The van der Waals surface area contributed by atoms with Gasteiger partial charge in [0.15, 0.2) is 6.61 Å². The summed E-state index contributed by atoms with van der Waals surface area (Å²) in [6, 6.07) is 2.11. The van der Waals surface area contributed by atoms with Gasteiger partial charge < -0.3 is 9.84 Å². The number of nitrogens with zero attached hydrogens (tertiary/aromatic N) is 2. The van der Waals surface area contributed by atoms with Crippen LogP contribution in [0.2, 0.25) is 5.02 Å². The van der Waals surface area contributed by atoms with Gasteiger partial charge in [-0.15, -0.1) is 0 Å². The Morgan fingerprint density at radius 1 is 1.39 bits per heavy atom. The first kappa shape index (κ1) is 17.5. The molecule has 0 saturated carbocycles. The van der Waals surface area contributed by atoms with Gasteiger partial charge in [0.25, 0.3) is 6.43 Å². The number of alkyl halides is 2. The summed E-state index contributed by atoms with van der Waals surface area (Å²) in [5.41, 5.74) is -1.20. The monoisotopic (exact) mass is 410 g/mol. The van der Waals surface area contributed by atoms with E-state index in [0.717, 1.165) is 18.5 Å². The Labute approximate surface area is 141 Å². The SMILES string of the molecule is O=C(O)COc1cc(-c2ncnc(C(F)F)c2Cl)c(F)cc1Br. The number of ether oxygens (including phenoxy) is 1. The van der Waals surface area contributed by atoms with Crippen LogP contribution < -0.4 is 4.74 Å². The molecule has 0 amide bonds. The summed E-state index contributed by atoms with van der Waals surface area (Å²) >= 11 is 8.83. The minimum atomic E-state index is -2.95. The molecule has 0 radical (unpaired) electrons. The summed E-state index contributed by atoms with van der Waals surface area (Å²) in [5.74, 6) is -2.04. The summed E-state index contributed by atoms with van der Waals surface area (Å²) in [6.45, 7) is -0.663. The molecule has 0 bridgehead atoms. The zero-order valence-electron chi connectivity index (χ0n) is 11.1. The zero-order chi connectivity index (χ0) is 17.1. The molecule has 0 aliphatic heterocycles. The van der Waals surface area contributed by atoms with Crippen molar-refractivity contribution in [3.63, 3.8) is 0 Å². The van der Waals surface area contributed by atoms with Crippen molar-refractivity contribution in [1.82, 2.24) is 9.97 Å². The van der Waals surface area contributed by atoms with E-state index in [9.17, 15) is 18.0 Å². The number of carboxylic acids is 1. The van der Waals surface area contributed by atoms with Crippen LogP contribution >= 0.6 is 27.5 Å². The van der Waals surface area contributed by atoms with Crippen LogP contribution in [0.5, 0.6) is 5.75 Å². The molecule has 0 aliphatic rings. The maximum absolute atomic E-state index is 14.1. The summed E-state index contributed by atoms with van der Waals surface area (Å²) in [5, 5.41) is 8.12. The lowest BCUT2D eigenvalue weighted by Gasteiger charge is -2.11. The normalized spacial score (nSPS) is 10.9. The molecule has 10 heteroatoms. The van der Waals surface area contributed by atoms with Gasteiger partial charge in [-0.25, -0.2) is 27.9 Å². The van der Waals surface area contributed by atoms with Gasteiger partial charge >= 0.3 is 5.97 Å². The van der Waals surface area contributed by atoms with Crippen LogP contribution in [0.4, 0.5) is 13.2 Å². The predicted octanol–water partition coefficient (Wildman–Crippen LogP) is 4.10. The van der Waals surface area contributed by atoms with Gasteiger partial charge in [0.05, 0.1) is 15.2 Å². The number of halogens is 5. The number of rotatable bonds is 5. The van der Waals surface area contributed by atoms with Crippen LogP contribution in [0.25, 0.3) is 11.3 Å². The number of aromatic nitrogens is 2. The van der Waals surface area contributed by atoms with Crippen LogP contribution in [0.15, 0.2) is 22.9 Å². The van der Waals surface area contributed by atoms with Crippen LogP contribution in [0, 0.1) is 5.82 Å². The fourth-order valence-electron chi connectivity index (χ4n) is 1.68. The molecule has 23 heavy (non-hydrogen) atoms. The molecule has 0 atom stereocenters. The molecule has 2 rings (SSSR count). The van der Waals surface area contributed by atoms with Crippen LogP contribution in [-0.4, -0.2) is 27.7 Å². The van der Waals surface area contributed by atoms with Gasteiger partial charge in [0.1, 0.15) is 23.6 Å². The molecule has 5 nitrogen and oxygen atoms in total. The Hall–Kier alpha value is -1.87. The van der Waals surface area contributed by atoms with E-state index in [4.69, 9.17) is 21.4 Å². The topological polar surface area (TPSA) is 72.3 Å². The van der Waals surface area contributed by atoms with E-state index in [1.807, 2.05) is 0 Å². The van der Waals surface area contributed by atoms with E-state index in [2.05, 4.69) is 25.9 Å². The van der Waals surface area contributed by atoms with Crippen molar-refractivity contribution in [3.8, 4) is 17.0 Å². The van der Waals surface area contributed by atoms with Crippen molar-refractivity contribution in [2.45, 2.75) is 6.43 Å². The van der Waals surface area contributed by atoms with Gasteiger partial charge in [-0.3, -0.25) is 0 Å². The molecule has 0 spiro atoms. The van der Waals surface area contributed by atoms with Crippen molar-refractivity contribution < 1.29 is 27.8 Å². The minimum Gasteiger partial charge on any atom is -0.481 e. The standard InChI is InChI=1S/C13H7BrClF3N2O3/c14-6-2-7(16)5(1-8(6)23-3-9(21)22)11-10(15)12(13(17)18)20-4-19-11/h1-2,4,13H,3H2,(H,21,22). The third kappa shape index (κ3) is 3.91. The Kier molecular flexibility index (Phi) is 5.42. The fraction of sp³-hybridized carbons (Fsp3) is 0.154. The highest BCUT2D eigenvalue weighted by atomic mass is 79.9. The molecule has 0 aliphatic carbocycles. The second kappa shape index (κ2) is 7.14. The first-order valence-electron chi connectivity index (χ1n) is 5.93. The lowest BCUT2D eigenvalue weighted by molar-refractivity contribution is -0.139. The summed E-state index contributed by atoms with van der Waals surface area (Å²) in [6.07, 6.45) is -2.12. The summed E-state index contributed by atoms with van der Waals surface area (Å²) in [7, 11) is 0. The van der Waals surface area contributed by atoms with E-state index in [1.165, 1.54) is 0 Å². The second-order valence-corrected chi connectivity index (χ2v) is 5.40.